The first-order valence-corrected chi connectivity index (χ1v) is 7.96. The monoisotopic (exact) mass is 330 g/mol. The third-order valence-corrected chi connectivity index (χ3v) is 4.38. The lowest BCUT2D eigenvalue weighted by Crippen LogP contribution is -2.36. The average molecular weight is 330 g/mol. The maximum absolute atomic E-state index is 12.6. The van der Waals surface area contributed by atoms with Gasteiger partial charge in [-0.25, -0.2) is 4.98 Å². The molecule has 3 heterocycles. The minimum atomic E-state index is -0.118. The van der Waals surface area contributed by atoms with Crippen LogP contribution in [0.5, 0.6) is 5.75 Å². The van der Waals surface area contributed by atoms with Gasteiger partial charge < -0.3 is 19.4 Å². The minimum Gasteiger partial charge on any atom is -0.482 e. The van der Waals surface area contributed by atoms with Gasteiger partial charge in [-0.15, -0.1) is 0 Å². The first-order valence-electron chi connectivity index (χ1n) is 7.96. The Balaban J connectivity index is 1.72. The lowest BCUT2D eigenvalue weighted by Gasteiger charge is -2.23. The van der Waals surface area contributed by atoms with Crippen LogP contribution >= 0.6 is 0 Å². The number of likely N-dealkylation sites (tertiary alicyclic amines) is 1. The summed E-state index contributed by atoms with van der Waals surface area (Å²) < 4.78 is 11.0. The largest absolute Gasteiger partial charge is 0.482 e. The zero-order valence-corrected chi connectivity index (χ0v) is 14.2. The highest BCUT2D eigenvalue weighted by Crippen LogP contribution is 2.32. The van der Waals surface area contributed by atoms with E-state index >= 15 is 0 Å². The van der Waals surface area contributed by atoms with Crippen molar-refractivity contribution < 1.29 is 14.3 Å². The van der Waals surface area contributed by atoms with Crippen molar-refractivity contribution in [1.29, 1.82) is 0 Å². The molecule has 1 aliphatic heterocycles. The standard InChI is InChI=1S/C17H22N4O3/c1-11-12(2)20-17(19-11)15-7-14(23-3)9-21(15)16(22)10-24-13-5-4-6-18-8-13/h4-6,8,14-15H,7,9-10H2,1-3H3,(H,19,20)/t14-,15+/m1/s1. The summed E-state index contributed by atoms with van der Waals surface area (Å²) in [4.78, 5) is 26.2. The van der Waals surface area contributed by atoms with E-state index in [-0.39, 0.29) is 24.7 Å². The Morgan fingerprint density at radius 3 is 2.92 bits per heavy atom. The number of hydrogen-bond acceptors (Lipinski definition) is 5. The molecular weight excluding hydrogens is 308 g/mol. The Morgan fingerprint density at radius 2 is 2.29 bits per heavy atom. The van der Waals surface area contributed by atoms with Crippen molar-refractivity contribution in [2.45, 2.75) is 32.4 Å². The van der Waals surface area contributed by atoms with Gasteiger partial charge in [0.15, 0.2) is 6.61 Å². The third-order valence-electron chi connectivity index (χ3n) is 4.38. The molecule has 3 rings (SSSR count). The molecule has 1 amide bonds. The molecule has 0 aliphatic carbocycles. The van der Waals surface area contributed by atoms with E-state index in [1.165, 1.54) is 0 Å². The lowest BCUT2D eigenvalue weighted by molar-refractivity contribution is -0.134. The first kappa shape index (κ1) is 16.4. The molecule has 2 aromatic rings. The number of nitrogens with zero attached hydrogens (tertiary/aromatic N) is 3. The maximum Gasteiger partial charge on any atom is 0.261 e. The summed E-state index contributed by atoms with van der Waals surface area (Å²) in [7, 11) is 1.67. The van der Waals surface area contributed by atoms with Gasteiger partial charge >= 0.3 is 0 Å². The predicted molar refractivity (Wildman–Crippen MR) is 87.7 cm³/mol. The van der Waals surface area contributed by atoms with Crippen molar-refractivity contribution >= 4 is 5.91 Å². The van der Waals surface area contributed by atoms with E-state index in [4.69, 9.17) is 9.47 Å². The highest BCUT2D eigenvalue weighted by Gasteiger charge is 2.38. The van der Waals surface area contributed by atoms with Crippen molar-refractivity contribution in [3.63, 3.8) is 0 Å². The number of carbonyl (C=O) groups excluding carboxylic acids is 1. The maximum atomic E-state index is 12.6. The van der Waals surface area contributed by atoms with Crippen molar-refractivity contribution in [2.24, 2.45) is 0 Å². The average Bonchev–Trinajstić information content (AvgIpc) is 3.17. The molecule has 0 radical (unpaired) electrons. The van der Waals surface area contributed by atoms with E-state index < -0.39 is 0 Å². The molecule has 24 heavy (non-hydrogen) atoms. The molecule has 1 N–H and O–H groups in total. The van der Waals surface area contributed by atoms with Crippen LogP contribution in [0.3, 0.4) is 0 Å². The molecule has 1 saturated heterocycles. The van der Waals surface area contributed by atoms with Crippen LogP contribution in [0.15, 0.2) is 24.5 Å². The van der Waals surface area contributed by atoms with Crippen molar-refractivity contribution in [3.8, 4) is 5.75 Å². The van der Waals surface area contributed by atoms with Gasteiger partial charge in [-0.2, -0.15) is 0 Å². The third kappa shape index (κ3) is 3.41. The number of methoxy groups -OCH3 is 1. The molecule has 7 nitrogen and oxygen atoms in total. The Labute approximate surface area is 141 Å². The molecule has 2 aromatic heterocycles. The van der Waals surface area contributed by atoms with Gasteiger partial charge in [-0.05, 0) is 26.0 Å². The highest BCUT2D eigenvalue weighted by molar-refractivity contribution is 5.78. The molecule has 0 aromatic carbocycles. The zero-order valence-electron chi connectivity index (χ0n) is 14.2. The molecule has 1 aliphatic rings. The van der Waals surface area contributed by atoms with E-state index in [0.29, 0.717) is 12.3 Å². The molecule has 0 unspecified atom stereocenters. The van der Waals surface area contributed by atoms with Gasteiger partial charge in [0.1, 0.15) is 11.6 Å². The minimum absolute atomic E-state index is 0.00283. The number of imidazole rings is 1. The summed E-state index contributed by atoms with van der Waals surface area (Å²) in [5.74, 6) is 1.30. The van der Waals surface area contributed by atoms with E-state index in [2.05, 4.69) is 15.0 Å². The van der Waals surface area contributed by atoms with Crippen molar-refractivity contribution in [2.75, 3.05) is 20.3 Å². The van der Waals surface area contributed by atoms with Crippen LogP contribution in [-0.2, 0) is 9.53 Å². The van der Waals surface area contributed by atoms with Crippen LogP contribution < -0.4 is 4.74 Å². The second-order valence-electron chi connectivity index (χ2n) is 5.97. The number of aromatic amines is 1. The number of aromatic nitrogens is 3. The summed E-state index contributed by atoms with van der Waals surface area (Å²) in [6.07, 6.45) is 3.98. The number of nitrogens with one attached hydrogen (secondary N) is 1. The fraction of sp³-hybridized carbons (Fsp3) is 0.471. The quantitative estimate of drug-likeness (QED) is 0.904. The van der Waals surface area contributed by atoms with Crippen molar-refractivity contribution in [3.05, 3.63) is 41.7 Å². The molecule has 1 fully saturated rings. The molecule has 7 heteroatoms. The lowest BCUT2D eigenvalue weighted by atomic mass is 10.2. The van der Waals surface area contributed by atoms with Crippen LogP contribution in [0.1, 0.15) is 29.7 Å². The van der Waals surface area contributed by atoms with Crippen LogP contribution in [0.25, 0.3) is 0 Å². The van der Waals surface area contributed by atoms with Crippen molar-refractivity contribution in [1.82, 2.24) is 19.9 Å². The van der Waals surface area contributed by atoms with E-state index in [1.54, 1.807) is 36.5 Å². The Morgan fingerprint density at radius 1 is 1.46 bits per heavy atom. The number of rotatable bonds is 5. The summed E-state index contributed by atoms with van der Waals surface area (Å²) in [6.45, 7) is 4.44. The van der Waals surface area contributed by atoms with Crippen LogP contribution in [0.4, 0.5) is 0 Å². The summed E-state index contributed by atoms with van der Waals surface area (Å²) in [5.41, 5.74) is 1.97. The Hall–Kier alpha value is -2.41. The SMILES string of the molecule is CO[C@@H]1C[C@@H](c2nc(C)c(C)[nH]2)N(C(=O)COc2cccnc2)C1. The second-order valence-corrected chi connectivity index (χ2v) is 5.97. The normalized spacial score (nSPS) is 20.4. The number of carbonyl (C=O) groups is 1. The number of H-pyrrole nitrogens is 1. The highest BCUT2D eigenvalue weighted by atomic mass is 16.5. The van der Waals surface area contributed by atoms with Crippen LogP contribution in [-0.4, -0.2) is 52.1 Å². The molecule has 0 bridgehead atoms. The summed E-state index contributed by atoms with van der Waals surface area (Å²) >= 11 is 0. The topological polar surface area (TPSA) is 80.3 Å². The first-order chi connectivity index (χ1) is 11.6. The summed E-state index contributed by atoms with van der Waals surface area (Å²) in [5, 5.41) is 0. The van der Waals surface area contributed by atoms with Gasteiger partial charge in [-0.1, -0.05) is 0 Å². The molecule has 2 atom stereocenters. The number of hydrogen-bond donors (Lipinski definition) is 1. The fourth-order valence-corrected chi connectivity index (χ4v) is 2.90. The van der Waals surface area contributed by atoms with E-state index in [0.717, 1.165) is 23.6 Å². The molecular formula is C17H22N4O3. The van der Waals surface area contributed by atoms with E-state index in [1.807, 2.05) is 13.8 Å². The van der Waals surface area contributed by atoms with Gasteiger partial charge in [0.2, 0.25) is 0 Å². The molecule has 0 spiro atoms. The number of aryl methyl sites for hydroxylation is 2. The Bertz CT molecular complexity index is 682. The van der Waals surface area contributed by atoms with Crippen LogP contribution in [0, 0.1) is 13.8 Å². The second kappa shape index (κ2) is 7.00. The van der Waals surface area contributed by atoms with Crippen LogP contribution in [0.2, 0.25) is 0 Å². The summed E-state index contributed by atoms with van der Waals surface area (Å²) in [6, 6.07) is 3.43. The van der Waals surface area contributed by atoms with Gasteiger partial charge in [0, 0.05) is 32.0 Å². The molecule has 128 valence electrons. The Kier molecular flexibility index (Phi) is 4.80. The van der Waals surface area contributed by atoms with Gasteiger partial charge in [-0.3, -0.25) is 9.78 Å². The number of amides is 1. The molecule has 0 saturated carbocycles. The fourth-order valence-electron chi connectivity index (χ4n) is 2.90. The van der Waals surface area contributed by atoms with Gasteiger partial charge in [0.25, 0.3) is 5.91 Å². The van der Waals surface area contributed by atoms with Gasteiger partial charge in [0.05, 0.1) is 24.0 Å². The smallest absolute Gasteiger partial charge is 0.261 e. The number of ether oxygens (including phenoxy) is 2. The zero-order chi connectivity index (χ0) is 17.1. The van der Waals surface area contributed by atoms with E-state index in [9.17, 15) is 4.79 Å². The predicted octanol–water partition coefficient (Wildman–Crippen LogP) is 1.79. The number of pyridine rings is 1.